The number of primary amides is 1. The fourth-order valence-electron chi connectivity index (χ4n) is 2.64. The fourth-order valence-corrected chi connectivity index (χ4v) is 3.26. The fraction of sp³-hybridized carbons (Fsp3) is 0.200. The number of amides is 2. The third-order valence-corrected chi connectivity index (χ3v) is 4.99. The maximum absolute atomic E-state index is 12.5. The van der Waals surface area contributed by atoms with Gasteiger partial charge in [-0.15, -0.1) is 11.3 Å². The first-order valence-electron chi connectivity index (χ1n) is 8.75. The molecule has 1 unspecified atom stereocenters. The van der Waals surface area contributed by atoms with E-state index in [0.29, 0.717) is 16.9 Å². The molecule has 2 aromatic heterocycles. The number of ether oxygens (including phenoxy) is 1. The second-order valence-electron chi connectivity index (χ2n) is 6.46. The Morgan fingerprint density at radius 3 is 2.52 bits per heavy atom. The highest BCUT2D eigenvalue weighted by atomic mass is 32.1. The molecule has 0 bridgehead atoms. The summed E-state index contributed by atoms with van der Waals surface area (Å²) >= 11 is 1.53. The minimum Gasteiger partial charge on any atom is -0.448 e. The number of nitrogens with zero attached hydrogens (tertiary/aromatic N) is 2. The summed E-state index contributed by atoms with van der Waals surface area (Å²) in [5.41, 5.74) is 7.88. The molecule has 1 aromatic carbocycles. The maximum atomic E-state index is 12.5. The molecular weight excluding hydrogens is 392 g/mol. The lowest BCUT2D eigenvalue weighted by Gasteiger charge is -2.14. The lowest BCUT2D eigenvalue weighted by atomic mass is 10.2. The van der Waals surface area contributed by atoms with Crippen LogP contribution < -0.4 is 11.1 Å². The van der Waals surface area contributed by atoms with E-state index in [4.69, 9.17) is 10.5 Å². The summed E-state index contributed by atoms with van der Waals surface area (Å²) in [6, 6.07) is 7.78. The average molecular weight is 412 g/mol. The number of carbonyl (C=O) groups is 3. The van der Waals surface area contributed by atoms with E-state index in [1.807, 2.05) is 12.3 Å². The van der Waals surface area contributed by atoms with Crippen molar-refractivity contribution in [3.05, 3.63) is 58.2 Å². The summed E-state index contributed by atoms with van der Waals surface area (Å²) in [4.78, 5) is 40.3. The number of esters is 1. The van der Waals surface area contributed by atoms with Crippen molar-refractivity contribution in [2.75, 3.05) is 5.32 Å². The highest BCUT2D eigenvalue weighted by molar-refractivity contribution is 7.09. The molecule has 0 saturated carbocycles. The molecule has 8 nitrogen and oxygen atoms in total. The van der Waals surface area contributed by atoms with Gasteiger partial charge in [0.15, 0.2) is 6.10 Å². The predicted molar refractivity (Wildman–Crippen MR) is 110 cm³/mol. The number of benzene rings is 1. The highest BCUT2D eigenvalue weighted by Crippen LogP contribution is 2.24. The molecule has 29 heavy (non-hydrogen) atoms. The second kappa shape index (κ2) is 8.27. The van der Waals surface area contributed by atoms with Crippen molar-refractivity contribution >= 4 is 34.8 Å². The van der Waals surface area contributed by atoms with Crippen molar-refractivity contribution in [1.29, 1.82) is 0 Å². The smallest absolute Gasteiger partial charge is 0.355 e. The zero-order valence-corrected chi connectivity index (χ0v) is 16.9. The Morgan fingerprint density at radius 1 is 1.24 bits per heavy atom. The van der Waals surface area contributed by atoms with Gasteiger partial charge in [0.05, 0.1) is 10.7 Å². The average Bonchev–Trinajstić information content (AvgIpc) is 3.27. The lowest BCUT2D eigenvalue weighted by Crippen LogP contribution is -2.30. The molecule has 0 aliphatic rings. The summed E-state index contributed by atoms with van der Waals surface area (Å²) in [6.45, 7) is 3.40. The molecule has 1 atom stereocenters. The number of hydrogen-bond acceptors (Lipinski definition) is 6. The monoisotopic (exact) mass is 412 g/mol. The molecule has 9 heteroatoms. The van der Waals surface area contributed by atoms with Crippen molar-refractivity contribution in [1.82, 2.24) is 9.55 Å². The van der Waals surface area contributed by atoms with Crippen LogP contribution in [-0.2, 0) is 16.6 Å². The van der Waals surface area contributed by atoms with E-state index in [1.54, 1.807) is 36.0 Å². The zero-order chi connectivity index (χ0) is 21.1. The van der Waals surface area contributed by atoms with Crippen LogP contribution in [0.3, 0.4) is 0 Å². The third-order valence-electron chi connectivity index (χ3n) is 4.22. The number of rotatable bonds is 6. The Morgan fingerprint density at radius 2 is 1.93 bits per heavy atom. The van der Waals surface area contributed by atoms with Crippen LogP contribution in [0.2, 0.25) is 0 Å². The van der Waals surface area contributed by atoms with Gasteiger partial charge in [-0.05, 0) is 44.2 Å². The van der Waals surface area contributed by atoms with E-state index >= 15 is 0 Å². The number of hydrogen-bond donors (Lipinski definition) is 2. The molecule has 0 radical (unpaired) electrons. The Balaban J connectivity index is 1.64. The second-order valence-corrected chi connectivity index (χ2v) is 7.52. The van der Waals surface area contributed by atoms with Gasteiger partial charge in [-0.2, -0.15) is 0 Å². The summed E-state index contributed by atoms with van der Waals surface area (Å²) < 4.78 is 6.94. The molecule has 0 spiro atoms. The van der Waals surface area contributed by atoms with Crippen LogP contribution in [0, 0.1) is 6.92 Å². The number of nitrogens with one attached hydrogen (secondary N) is 1. The van der Waals surface area contributed by atoms with Crippen molar-refractivity contribution in [2.45, 2.75) is 20.0 Å². The van der Waals surface area contributed by atoms with Gasteiger partial charge in [0, 0.05) is 35.4 Å². The van der Waals surface area contributed by atoms with Gasteiger partial charge in [0.25, 0.3) is 5.91 Å². The number of aromatic nitrogens is 2. The largest absolute Gasteiger partial charge is 0.448 e. The Labute approximate surface area is 171 Å². The lowest BCUT2D eigenvalue weighted by molar-refractivity contribution is -0.123. The summed E-state index contributed by atoms with van der Waals surface area (Å²) in [5.74, 6) is -1.66. The molecule has 0 aliphatic heterocycles. The molecule has 2 amide bonds. The topological polar surface area (TPSA) is 116 Å². The SMILES string of the molecule is Cc1nc(-c2cc(C(=O)OC(C)C(=O)Nc3ccc(C(N)=O)cc3)n(C)c2)cs1. The minimum atomic E-state index is -1.02. The van der Waals surface area contributed by atoms with Gasteiger partial charge in [-0.3, -0.25) is 9.59 Å². The Kier molecular flexibility index (Phi) is 5.79. The molecule has 2 heterocycles. The molecule has 3 N–H and O–H groups in total. The van der Waals surface area contributed by atoms with E-state index in [9.17, 15) is 14.4 Å². The third kappa shape index (κ3) is 4.69. The van der Waals surface area contributed by atoms with Crippen molar-refractivity contribution in [2.24, 2.45) is 12.8 Å². The van der Waals surface area contributed by atoms with E-state index in [-0.39, 0.29) is 0 Å². The highest BCUT2D eigenvalue weighted by Gasteiger charge is 2.22. The first kappa shape index (κ1) is 20.3. The molecule has 3 rings (SSSR count). The molecular formula is C20H20N4O4S. The molecule has 3 aromatic rings. The maximum Gasteiger partial charge on any atom is 0.355 e. The van der Waals surface area contributed by atoms with Crippen LogP contribution in [0.5, 0.6) is 0 Å². The standard InChI is InChI=1S/C20H20N4O4S/c1-11(19(26)23-15-6-4-13(5-7-15)18(21)25)28-20(27)17-8-14(9-24(17)3)16-10-29-12(2)22-16/h4-11H,1-3H3,(H2,21,25)(H,23,26). The van der Waals surface area contributed by atoms with Crippen LogP contribution in [0.1, 0.15) is 32.8 Å². The molecule has 0 saturated heterocycles. The number of thiazole rings is 1. The van der Waals surface area contributed by atoms with Gasteiger partial charge in [-0.1, -0.05) is 0 Å². The summed E-state index contributed by atoms with van der Waals surface area (Å²) in [5, 5.41) is 5.48. The molecule has 0 fully saturated rings. The van der Waals surface area contributed by atoms with Crippen LogP contribution >= 0.6 is 11.3 Å². The number of carbonyl (C=O) groups excluding carboxylic acids is 3. The van der Waals surface area contributed by atoms with Crippen LogP contribution in [0.4, 0.5) is 5.69 Å². The van der Waals surface area contributed by atoms with Crippen molar-refractivity contribution < 1.29 is 19.1 Å². The van der Waals surface area contributed by atoms with E-state index in [0.717, 1.165) is 16.3 Å². The van der Waals surface area contributed by atoms with Gasteiger partial charge < -0.3 is 20.4 Å². The van der Waals surface area contributed by atoms with E-state index in [2.05, 4.69) is 10.3 Å². The van der Waals surface area contributed by atoms with E-state index in [1.165, 1.54) is 30.4 Å². The number of aryl methyl sites for hydroxylation is 2. The predicted octanol–water partition coefficient (Wildman–Crippen LogP) is 2.74. The van der Waals surface area contributed by atoms with Crippen LogP contribution in [0.25, 0.3) is 11.3 Å². The van der Waals surface area contributed by atoms with Crippen molar-refractivity contribution in [3.8, 4) is 11.3 Å². The first-order chi connectivity index (χ1) is 13.7. The van der Waals surface area contributed by atoms with Gasteiger partial charge in [-0.25, -0.2) is 9.78 Å². The van der Waals surface area contributed by atoms with Gasteiger partial charge >= 0.3 is 5.97 Å². The van der Waals surface area contributed by atoms with E-state index < -0.39 is 23.9 Å². The minimum absolute atomic E-state index is 0.316. The molecule has 0 aliphatic carbocycles. The number of anilines is 1. The Hall–Kier alpha value is -3.46. The molecule has 150 valence electrons. The summed E-state index contributed by atoms with van der Waals surface area (Å²) in [7, 11) is 1.73. The first-order valence-corrected chi connectivity index (χ1v) is 9.63. The van der Waals surface area contributed by atoms with Crippen LogP contribution in [0.15, 0.2) is 41.9 Å². The normalized spacial score (nSPS) is 11.7. The van der Waals surface area contributed by atoms with Gasteiger partial charge in [0.1, 0.15) is 5.69 Å². The number of nitrogens with two attached hydrogens (primary N) is 1. The van der Waals surface area contributed by atoms with Crippen molar-refractivity contribution in [3.63, 3.8) is 0 Å². The zero-order valence-electron chi connectivity index (χ0n) is 16.1. The Bertz CT molecular complexity index is 1070. The summed E-state index contributed by atoms with van der Waals surface area (Å²) in [6.07, 6.45) is 0.772. The van der Waals surface area contributed by atoms with Gasteiger partial charge in [0.2, 0.25) is 5.91 Å². The van der Waals surface area contributed by atoms with Crippen LogP contribution in [-0.4, -0.2) is 33.4 Å². The quantitative estimate of drug-likeness (QED) is 0.604.